The van der Waals surface area contributed by atoms with Gasteiger partial charge in [-0.25, -0.2) is 13.4 Å². The highest BCUT2D eigenvalue weighted by molar-refractivity contribution is 7.92. The molecule has 0 aliphatic rings. The van der Waals surface area contributed by atoms with Crippen LogP contribution in [0, 0.1) is 0 Å². The molecule has 0 radical (unpaired) electrons. The lowest BCUT2D eigenvalue weighted by molar-refractivity contribution is 0.601. The van der Waals surface area contributed by atoms with Crippen LogP contribution in [0.5, 0.6) is 0 Å². The van der Waals surface area contributed by atoms with E-state index in [0.717, 1.165) is 0 Å². The maximum Gasteiger partial charge on any atom is 0.261 e. The molecule has 7 nitrogen and oxygen atoms in total. The van der Waals surface area contributed by atoms with E-state index in [1.165, 1.54) is 18.2 Å². The lowest BCUT2D eigenvalue weighted by Gasteiger charge is -2.11. The molecule has 0 amide bonds. The third-order valence-electron chi connectivity index (χ3n) is 4.04. The number of aromatic amines is 1. The van der Waals surface area contributed by atoms with Gasteiger partial charge in [-0.15, -0.1) is 0 Å². The molecule has 2 aromatic carbocycles. The maximum absolute atomic E-state index is 12.5. The Bertz CT molecular complexity index is 1300. The number of rotatable bonds is 4. The number of aromatic nitrogens is 3. The first-order valence-electron chi connectivity index (χ1n) is 8.02. The summed E-state index contributed by atoms with van der Waals surface area (Å²) in [6.07, 6.45) is 0. The third kappa shape index (κ3) is 3.49. The van der Waals surface area contributed by atoms with Gasteiger partial charge in [0.1, 0.15) is 5.52 Å². The van der Waals surface area contributed by atoms with Crippen LogP contribution in [0.15, 0.2) is 59.5 Å². The van der Waals surface area contributed by atoms with Crippen LogP contribution < -0.4 is 10.5 Å². The van der Waals surface area contributed by atoms with E-state index in [1.807, 2.05) is 0 Å². The highest BCUT2D eigenvalue weighted by Crippen LogP contribution is 2.31. The van der Waals surface area contributed by atoms with E-state index in [2.05, 4.69) is 19.9 Å². The zero-order valence-electron chi connectivity index (χ0n) is 14.1. The summed E-state index contributed by atoms with van der Waals surface area (Å²) in [6.45, 7) is 0. The number of H-pyrrole nitrogens is 1. The highest BCUT2D eigenvalue weighted by atomic mass is 35.5. The Morgan fingerprint density at radius 1 is 1.04 bits per heavy atom. The fourth-order valence-corrected chi connectivity index (χ4v) is 4.33. The van der Waals surface area contributed by atoms with Crippen LogP contribution in [0.25, 0.3) is 22.3 Å². The SMILES string of the molecule is Nc1n[nH]c2ccc(-c3ccc(NS(=O)(=O)c4cccc(Cl)c4)cc3Cl)nc12. The molecule has 2 aromatic heterocycles. The molecule has 4 aromatic rings. The zero-order valence-corrected chi connectivity index (χ0v) is 16.5. The molecule has 0 atom stereocenters. The van der Waals surface area contributed by atoms with E-state index >= 15 is 0 Å². The standard InChI is InChI=1S/C18H13Cl2N5O2S/c19-10-2-1-3-12(8-10)28(26,27)25-11-4-5-13(14(20)9-11)15-6-7-16-17(22-15)18(21)24-23-16/h1-9,25H,(H3,21,23,24). The first kappa shape index (κ1) is 18.5. The molecule has 2 heterocycles. The van der Waals surface area contributed by atoms with E-state index in [-0.39, 0.29) is 4.90 Å². The van der Waals surface area contributed by atoms with Crippen molar-refractivity contribution in [1.82, 2.24) is 15.2 Å². The number of sulfonamides is 1. The van der Waals surface area contributed by atoms with Gasteiger partial charge in [-0.2, -0.15) is 5.10 Å². The fourth-order valence-electron chi connectivity index (χ4n) is 2.70. The Hall–Kier alpha value is -2.81. The van der Waals surface area contributed by atoms with Crippen molar-refractivity contribution in [2.45, 2.75) is 4.90 Å². The van der Waals surface area contributed by atoms with Gasteiger partial charge in [0.25, 0.3) is 10.0 Å². The van der Waals surface area contributed by atoms with Crippen molar-refractivity contribution in [2.24, 2.45) is 0 Å². The van der Waals surface area contributed by atoms with Crippen LogP contribution >= 0.6 is 23.2 Å². The molecule has 0 saturated carbocycles. The lowest BCUT2D eigenvalue weighted by Crippen LogP contribution is -2.12. The minimum Gasteiger partial charge on any atom is -0.380 e. The van der Waals surface area contributed by atoms with Gasteiger partial charge in [0, 0.05) is 10.6 Å². The van der Waals surface area contributed by atoms with Crippen LogP contribution in [0.1, 0.15) is 0 Å². The van der Waals surface area contributed by atoms with Gasteiger partial charge in [0.15, 0.2) is 5.82 Å². The minimum atomic E-state index is -3.79. The molecule has 10 heteroatoms. The average Bonchev–Trinajstić information content (AvgIpc) is 3.02. The Kier molecular flexibility index (Phi) is 4.62. The van der Waals surface area contributed by atoms with Crippen LogP contribution in [-0.2, 0) is 10.0 Å². The van der Waals surface area contributed by atoms with E-state index in [4.69, 9.17) is 28.9 Å². The second-order valence-electron chi connectivity index (χ2n) is 5.96. The van der Waals surface area contributed by atoms with Gasteiger partial charge in [-0.05, 0) is 48.5 Å². The summed E-state index contributed by atoms with van der Waals surface area (Å²) in [7, 11) is -3.79. The first-order chi connectivity index (χ1) is 13.3. The van der Waals surface area contributed by atoms with Crippen molar-refractivity contribution in [1.29, 1.82) is 0 Å². The molecule has 142 valence electrons. The number of nitrogens with one attached hydrogen (secondary N) is 2. The molecule has 4 rings (SSSR count). The second-order valence-corrected chi connectivity index (χ2v) is 8.49. The second kappa shape index (κ2) is 6.97. The Morgan fingerprint density at radius 3 is 2.61 bits per heavy atom. The van der Waals surface area contributed by atoms with Gasteiger partial charge in [0.05, 0.1) is 26.8 Å². The van der Waals surface area contributed by atoms with E-state index in [1.54, 1.807) is 36.4 Å². The number of anilines is 2. The summed E-state index contributed by atoms with van der Waals surface area (Å²) in [5, 5.41) is 7.36. The number of benzene rings is 2. The van der Waals surface area contributed by atoms with Crippen LogP contribution in [0.2, 0.25) is 10.0 Å². The largest absolute Gasteiger partial charge is 0.380 e. The monoisotopic (exact) mass is 433 g/mol. The number of hydrogen-bond donors (Lipinski definition) is 3. The smallest absolute Gasteiger partial charge is 0.261 e. The van der Waals surface area contributed by atoms with Crippen molar-refractivity contribution in [3.8, 4) is 11.3 Å². The van der Waals surface area contributed by atoms with Crippen LogP contribution in [0.3, 0.4) is 0 Å². The number of halogens is 2. The number of nitrogens with zero attached hydrogens (tertiary/aromatic N) is 2. The molecule has 0 spiro atoms. The summed E-state index contributed by atoms with van der Waals surface area (Å²) in [6, 6.07) is 14.4. The quantitative estimate of drug-likeness (QED) is 0.443. The summed E-state index contributed by atoms with van der Waals surface area (Å²) >= 11 is 12.3. The predicted octanol–water partition coefficient (Wildman–Crippen LogP) is 4.31. The normalized spacial score (nSPS) is 11.6. The minimum absolute atomic E-state index is 0.0581. The Balaban J connectivity index is 1.66. The Labute approximate surface area is 170 Å². The van der Waals surface area contributed by atoms with Gasteiger partial charge < -0.3 is 5.73 Å². The lowest BCUT2D eigenvalue weighted by atomic mass is 10.1. The summed E-state index contributed by atoms with van der Waals surface area (Å²) < 4.78 is 27.5. The number of nitrogens with two attached hydrogens (primary N) is 1. The van der Waals surface area contributed by atoms with Crippen molar-refractivity contribution >= 4 is 55.8 Å². The molecule has 0 unspecified atom stereocenters. The molecule has 0 aliphatic carbocycles. The number of fused-ring (bicyclic) bond motifs is 1. The maximum atomic E-state index is 12.5. The average molecular weight is 434 g/mol. The third-order valence-corrected chi connectivity index (χ3v) is 5.97. The van der Waals surface area contributed by atoms with Gasteiger partial charge in [-0.1, -0.05) is 29.3 Å². The zero-order chi connectivity index (χ0) is 19.9. The van der Waals surface area contributed by atoms with Crippen LogP contribution in [0.4, 0.5) is 11.5 Å². The van der Waals surface area contributed by atoms with E-state index < -0.39 is 10.0 Å². The first-order valence-corrected chi connectivity index (χ1v) is 10.3. The van der Waals surface area contributed by atoms with Crippen LogP contribution in [-0.4, -0.2) is 23.6 Å². The molecule has 4 N–H and O–H groups in total. The van der Waals surface area contributed by atoms with Crippen molar-refractivity contribution in [3.63, 3.8) is 0 Å². The van der Waals surface area contributed by atoms with Gasteiger partial charge in [0.2, 0.25) is 0 Å². The predicted molar refractivity (Wildman–Crippen MR) is 111 cm³/mol. The Morgan fingerprint density at radius 2 is 1.86 bits per heavy atom. The van der Waals surface area contributed by atoms with Gasteiger partial charge in [-0.3, -0.25) is 9.82 Å². The topological polar surface area (TPSA) is 114 Å². The molecular weight excluding hydrogens is 421 g/mol. The van der Waals surface area contributed by atoms with Crippen molar-refractivity contribution in [3.05, 3.63) is 64.6 Å². The molecule has 0 fully saturated rings. The highest BCUT2D eigenvalue weighted by Gasteiger charge is 2.16. The summed E-state index contributed by atoms with van der Waals surface area (Å²) in [5.74, 6) is 0.291. The molecule has 28 heavy (non-hydrogen) atoms. The van der Waals surface area contributed by atoms with E-state index in [9.17, 15) is 8.42 Å². The van der Waals surface area contributed by atoms with Crippen molar-refractivity contribution in [2.75, 3.05) is 10.5 Å². The summed E-state index contributed by atoms with van der Waals surface area (Å²) in [4.78, 5) is 4.53. The van der Waals surface area contributed by atoms with Gasteiger partial charge >= 0.3 is 0 Å². The summed E-state index contributed by atoms with van der Waals surface area (Å²) in [5.41, 5.74) is 8.59. The molecular formula is C18H13Cl2N5O2S. The van der Waals surface area contributed by atoms with Crippen molar-refractivity contribution < 1.29 is 8.42 Å². The fraction of sp³-hybridized carbons (Fsp3) is 0. The number of pyridine rings is 1. The molecule has 0 bridgehead atoms. The number of nitrogen functional groups attached to an aromatic ring is 1. The molecule has 0 saturated heterocycles. The molecule has 0 aliphatic heterocycles. The number of hydrogen-bond acceptors (Lipinski definition) is 5. The van der Waals surface area contributed by atoms with E-state index in [0.29, 0.717) is 43.8 Å².